The number of amides is 3. The number of hydrogen-bond acceptors (Lipinski definition) is 2. The summed E-state index contributed by atoms with van der Waals surface area (Å²) in [6, 6.07) is 14.4. The van der Waals surface area contributed by atoms with E-state index in [0.29, 0.717) is 44.7 Å². The Morgan fingerprint density at radius 2 is 1.57 bits per heavy atom. The Morgan fingerprint density at radius 3 is 2.20 bits per heavy atom. The van der Waals surface area contributed by atoms with Crippen LogP contribution in [0.15, 0.2) is 48.5 Å². The van der Waals surface area contributed by atoms with Crippen molar-refractivity contribution < 1.29 is 14.0 Å². The molecule has 5 nitrogen and oxygen atoms in total. The van der Waals surface area contributed by atoms with Crippen molar-refractivity contribution in [2.75, 3.05) is 32.7 Å². The molecule has 3 amide bonds. The Hall–Kier alpha value is -2.89. The number of urea groups is 1. The molecule has 30 heavy (non-hydrogen) atoms. The maximum Gasteiger partial charge on any atom is 0.317 e. The maximum absolute atomic E-state index is 14.1. The van der Waals surface area contributed by atoms with E-state index in [1.54, 1.807) is 23.1 Å². The molecule has 1 N–H and O–H groups in total. The molecule has 0 unspecified atom stereocenters. The number of benzene rings is 2. The lowest BCUT2D eigenvalue weighted by Crippen LogP contribution is -2.54. The molecule has 2 aromatic rings. The van der Waals surface area contributed by atoms with Crippen LogP contribution in [0.25, 0.3) is 0 Å². The average molecular weight is 412 g/mol. The highest BCUT2D eigenvalue weighted by atomic mass is 19.1. The second-order valence-electron chi connectivity index (χ2n) is 8.55. The monoisotopic (exact) mass is 411 g/mol. The first-order valence-corrected chi connectivity index (χ1v) is 10.4. The first-order chi connectivity index (χ1) is 14.3. The van der Waals surface area contributed by atoms with Crippen LogP contribution in [0.5, 0.6) is 0 Å². The predicted molar refractivity (Wildman–Crippen MR) is 116 cm³/mol. The molecule has 0 aliphatic carbocycles. The minimum absolute atomic E-state index is 0.0830. The van der Waals surface area contributed by atoms with Gasteiger partial charge in [0.05, 0.1) is 6.42 Å². The van der Waals surface area contributed by atoms with Gasteiger partial charge < -0.3 is 15.1 Å². The Bertz CT molecular complexity index is 888. The van der Waals surface area contributed by atoms with E-state index in [1.165, 1.54) is 11.6 Å². The minimum atomic E-state index is -0.521. The minimum Gasteiger partial charge on any atom is -0.339 e. The second kappa shape index (κ2) is 9.28. The van der Waals surface area contributed by atoms with Crippen LogP contribution in [0.1, 0.15) is 30.5 Å². The molecule has 1 aliphatic heterocycles. The van der Waals surface area contributed by atoms with Gasteiger partial charge in [-0.2, -0.15) is 0 Å². The van der Waals surface area contributed by atoms with Crippen molar-refractivity contribution in [3.8, 4) is 0 Å². The lowest BCUT2D eigenvalue weighted by atomic mass is 9.84. The first kappa shape index (κ1) is 21.8. The molecule has 0 spiro atoms. The maximum atomic E-state index is 14.1. The third-order valence-corrected chi connectivity index (χ3v) is 5.68. The molecule has 3 rings (SSSR count). The zero-order chi connectivity index (χ0) is 21.7. The van der Waals surface area contributed by atoms with E-state index in [4.69, 9.17) is 0 Å². The molecule has 2 aromatic carbocycles. The fraction of sp³-hybridized carbons (Fsp3) is 0.417. The van der Waals surface area contributed by atoms with Gasteiger partial charge >= 0.3 is 6.03 Å². The summed E-state index contributed by atoms with van der Waals surface area (Å²) < 4.78 is 14.1. The molecule has 160 valence electrons. The van der Waals surface area contributed by atoms with E-state index >= 15 is 0 Å². The average Bonchev–Trinajstić information content (AvgIpc) is 2.74. The molecular formula is C24H30FN3O2. The fourth-order valence-corrected chi connectivity index (χ4v) is 3.66. The topological polar surface area (TPSA) is 52.7 Å². The van der Waals surface area contributed by atoms with Crippen LogP contribution in [-0.4, -0.2) is 54.5 Å². The van der Waals surface area contributed by atoms with E-state index in [-0.39, 0.29) is 17.8 Å². The highest BCUT2D eigenvalue weighted by Crippen LogP contribution is 2.24. The van der Waals surface area contributed by atoms with Crippen LogP contribution in [0, 0.1) is 12.7 Å². The molecule has 1 saturated heterocycles. The van der Waals surface area contributed by atoms with Crippen LogP contribution in [-0.2, 0) is 16.6 Å². The van der Waals surface area contributed by atoms with E-state index in [1.807, 2.05) is 49.9 Å². The summed E-state index contributed by atoms with van der Waals surface area (Å²) in [6.45, 7) is 8.20. The quantitative estimate of drug-likeness (QED) is 0.819. The van der Waals surface area contributed by atoms with Crippen LogP contribution < -0.4 is 5.32 Å². The van der Waals surface area contributed by atoms with Gasteiger partial charge in [0.25, 0.3) is 0 Å². The van der Waals surface area contributed by atoms with E-state index in [9.17, 15) is 14.0 Å². The third kappa shape index (κ3) is 5.38. The Balaban J connectivity index is 1.47. The molecule has 0 bridgehead atoms. The largest absolute Gasteiger partial charge is 0.339 e. The molecule has 0 saturated carbocycles. The number of halogens is 1. The van der Waals surface area contributed by atoms with Gasteiger partial charge in [-0.3, -0.25) is 4.79 Å². The number of rotatable bonds is 5. The van der Waals surface area contributed by atoms with Crippen molar-refractivity contribution in [3.05, 3.63) is 71.0 Å². The molecule has 0 radical (unpaired) electrons. The lowest BCUT2D eigenvalue weighted by Gasteiger charge is -2.35. The van der Waals surface area contributed by atoms with Gasteiger partial charge in [0, 0.05) is 38.1 Å². The zero-order valence-electron chi connectivity index (χ0n) is 18.0. The van der Waals surface area contributed by atoms with Gasteiger partial charge in [-0.1, -0.05) is 61.9 Å². The molecular weight excluding hydrogens is 381 g/mol. The van der Waals surface area contributed by atoms with Crippen molar-refractivity contribution in [3.63, 3.8) is 0 Å². The summed E-state index contributed by atoms with van der Waals surface area (Å²) in [4.78, 5) is 28.7. The van der Waals surface area contributed by atoms with E-state index in [0.717, 1.165) is 5.56 Å². The van der Waals surface area contributed by atoms with Crippen molar-refractivity contribution in [1.82, 2.24) is 15.1 Å². The van der Waals surface area contributed by atoms with Gasteiger partial charge in [-0.05, 0) is 24.1 Å². The van der Waals surface area contributed by atoms with Crippen molar-refractivity contribution >= 4 is 11.9 Å². The van der Waals surface area contributed by atoms with Gasteiger partial charge in [-0.25, -0.2) is 9.18 Å². The molecule has 1 heterocycles. The van der Waals surface area contributed by atoms with Gasteiger partial charge in [0.2, 0.25) is 5.91 Å². The number of piperazine rings is 1. The van der Waals surface area contributed by atoms with Crippen molar-refractivity contribution in [2.24, 2.45) is 0 Å². The Labute approximate surface area is 177 Å². The van der Waals surface area contributed by atoms with Crippen LogP contribution in [0.2, 0.25) is 0 Å². The number of nitrogens with one attached hydrogen (secondary N) is 1. The summed E-state index contributed by atoms with van der Waals surface area (Å²) in [7, 11) is 0. The number of hydrogen-bond donors (Lipinski definition) is 1. The van der Waals surface area contributed by atoms with Crippen LogP contribution in [0.4, 0.5) is 9.18 Å². The fourth-order valence-electron chi connectivity index (χ4n) is 3.66. The number of carbonyl (C=O) groups is 2. The molecule has 1 fully saturated rings. The van der Waals surface area contributed by atoms with Crippen molar-refractivity contribution in [1.29, 1.82) is 0 Å². The normalized spacial score (nSPS) is 14.5. The molecule has 0 atom stereocenters. The smallest absolute Gasteiger partial charge is 0.317 e. The predicted octanol–water partition coefficient (Wildman–Crippen LogP) is 3.51. The number of nitrogens with zero attached hydrogens (tertiary/aromatic N) is 2. The van der Waals surface area contributed by atoms with Crippen LogP contribution >= 0.6 is 0 Å². The highest BCUT2D eigenvalue weighted by molar-refractivity contribution is 5.79. The number of aryl methyl sites for hydroxylation is 1. The summed E-state index contributed by atoms with van der Waals surface area (Å²) >= 11 is 0. The summed E-state index contributed by atoms with van der Waals surface area (Å²) in [5.41, 5.74) is 2.23. The van der Waals surface area contributed by atoms with Crippen molar-refractivity contribution in [2.45, 2.75) is 32.6 Å². The summed E-state index contributed by atoms with van der Waals surface area (Å²) in [5, 5.41) is 2.92. The number of carbonyl (C=O) groups excluding carboxylic acids is 2. The van der Waals surface area contributed by atoms with E-state index in [2.05, 4.69) is 5.32 Å². The first-order valence-electron chi connectivity index (χ1n) is 10.4. The lowest BCUT2D eigenvalue weighted by molar-refractivity contribution is -0.131. The van der Waals surface area contributed by atoms with Gasteiger partial charge in [0.1, 0.15) is 5.82 Å². The zero-order valence-corrected chi connectivity index (χ0v) is 18.0. The third-order valence-electron chi connectivity index (χ3n) is 5.68. The molecule has 1 aliphatic rings. The molecule has 0 aromatic heterocycles. The van der Waals surface area contributed by atoms with Crippen LogP contribution in [0.3, 0.4) is 0 Å². The SMILES string of the molecule is Cc1ccc(CC(=O)N2CCN(C(=O)NCC(C)(C)c3ccccc3F)CC2)cc1. The van der Waals surface area contributed by atoms with E-state index < -0.39 is 5.41 Å². The Morgan fingerprint density at radius 1 is 0.967 bits per heavy atom. The summed E-state index contributed by atoms with van der Waals surface area (Å²) in [6.07, 6.45) is 0.378. The molecule has 6 heteroatoms. The summed E-state index contributed by atoms with van der Waals surface area (Å²) in [5.74, 6) is -0.183. The standard InChI is InChI=1S/C24H30FN3O2/c1-18-8-10-19(11-9-18)16-22(29)27-12-14-28(15-13-27)23(30)26-17-24(2,3)20-6-4-5-7-21(20)25/h4-11H,12-17H2,1-3H3,(H,26,30). The Kier molecular flexibility index (Phi) is 6.75. The van der Waals surface area contributed by atoms with Gasteiger partial charge in [-0.15, -0.1) is 0 Å². The second-order valence-corrected chi connectivity index (χ2v) is 8.55. The highest BCUT2D eigenvalue weighted by Gasteiger charge is 2.28. The van der Waals surface area contributed by atoms with Gasteiger partial charge in [0.15, 0.2) is 0 Å².